The zero-order valence-electron chi connectivity index (χ0n) is 22.0. The number of carbonyl (C=O) groups is 1. The Balaban J connectivity index is 0.000000296. The van der Waals surface area contributed by atoms with Crippen molar-refractivity contribution in [2.24, 2.45) is 0 Å². The number of fused-ring (bicyclic) bond motifs is 2. The van der Waals surface area contributed by atoms with Crippen LogP contribution in [0.1, 0.15) is 33.5 Å². The normalized spacial score (nSPS) is 16.5. The SMILES string of the molecule is O=C(O)c1ccc(Cl)c(Cl)c1.OCCN1CCN(CC/C=C2/c3ccccc3Sc3ccc(C(F)(F)F)cc32)CC1. The van der Waals surface area contributed by atoms with Gasteiger partial charge in [0.15, 0.2) is 0 Å². The van der Waals surface area contributed by atoms with Crippen molar-refractivity contribution in [2.45, 2.75) is 22.4 Å². The van der Waals surface area contributed by atoms with Gasteiger partial charge in [-0.2, -0.15) is 13.2 Å². The van der Waals surface area contributed by atoms with Crippen LogP contribution in [0.5, 0.6) is 0 Å². The minimum absolute atomic E-state index is 0.138. The molecule has 1 fully saturated rings. The molecule has 0 saturated carbocycles. The fourth-order valence-electron chi connectivity index (χ4n) is 4.67. The number of hydrogen-bond acceptors (Lipinski definition) is 5. The molecule has 11 heteroatoms. The maximum Gasteiger partial charge on any atom is 0.416 e. The number of alkyl halides is 3. The van der Waals surface area contributed by atoms with E-state index in [1.54, 1.807) is 6.07 Å². The first-order valence-corrected chi connectivity index (χ1v) is 14.6. The fourth-order valence-corrected chi connectivity index (χ4v) is 6.05. The molecule has 2 aliphatic heterocycles. The summed E-state index contributed by atoms with van der Waals surface area (Å²) in [5.41, 5.74) is 2.10. The van der Waals surface area contributed by atoms with E-state index in [-0.39, 0.29) is 17.2 Å². The monoisotopic (exact) mass is 624 g/mol. The maximum absolute atomic E-state index is 13.3. The lowest BCUT2D eigenvalue weighted by Crippen LogP contribution is -2.47. The second kappa shape index (κ2) is 14.1. The van der Waals surface area contributed by atoms with Crippen LogP contribution in [0.2, 0.25) is 10.0 Å². The van der Waals surface area contributed by atoms with E-state index in [1.165, 1.54) is 42.1 Å². The summed E-state index contributed by atoms with van der Waals surface area (Å²) in [4.78, 5) is 16.9. The highest BCUT2D eigenvalue weighted by atomic mass is 35.5. The second-order valence-electron chi connectivity index (χ2n) is 9.55. The van der Waals surface area contributed by atoms with Gasteiger partial charge in [-0.05, 0) is 65.6 Å². The summed E-state index contributed by atoms with van der Waals surface area (Å²) < 4.78 is 39.9. The zero-order chi connectivity index (χ0) is 29.6. The lowest BCUT2D eigenvalue weighted by Gasteiger charge is -2.34. The number of carboxylic acids is 1. The largest absolute Gasteiger partial charge is 0.478 e. The van der Waals surface area contributed by atoms with E-state index in [1.807, 2.05) is 24.3 Å². The topological polar surface area (TPSA) is 64.0 Å². The standard InChI is InChI=1S/C23H25F3N2OS.C7H4Cl2O2/c24-23(25,26)17-7-8-22-20(16-17)18(19-4-1-2-6-21(19)30-22)5-3-9-27-10-12-28(13-11-27)14-15-29;8-5-2-1-4(7(10)11)3-6(5)9/h1-2,4-8,16,29H,3,9-15H2;1-3H,(H,10,11)/b18-5-;. The third-order valence-corrected chi connectivity index (χ3v) is 8.73. The van der Waals surface area contributed by atoms with Crippen molar-refractivity contribution in [3.63, 3.8) is 0 Å². The van der Waals surface area contributed by atoms with Crippen molar-refractivity contribution >= 4 is 46.5 Å². The molecule has 3 aromatic rings. The van der Waals surface area contributed by atoms with Gasteiger partial charge in [0.05, 0.1) is 27.8 Å². The predicted octanol–water partition coefficient (Wildman–Crippen LogP) is 7.29. The van der Waals surface area contributed by atoms with Crippen molar-refractivity contribution in [3.8, 4) is 0 Å². The molecule has 1 saturated heterocycles. The smallest absolute Gasteiger partial charge is 0.416 e. The quantitative estimate of drug-likeness (QED) is 0.235. The Bertz CT molecular complexity index is 1410. The van der Waals surface area contributed by atoms with E-state index in [2.05, 4.69) is 15.9 Å². The molecule has 5 nitrogen and oxygen atoms in total. The zero-order valence-corrected chi connectivity index (χ0v) is 24.3. The average Bonchev–Trinajstić information content (AvgIpc) is 2.94. The van der Waals surface area contributed by atoms with Crippen molar-refractivity contribution < 1.29 is 28.2 Å². The van der Waals surface area contributed by atoms with Crippen LogP contribution in [0, 0.1) is 0 Å². The summed E-state index contributed by atoms with van der Waals surface area (Å²) in [5, 5.41) is 18.2. The number of rotatable bonds is 6. The van der Waals surface area contributed by atoms with Gasteiger partial charge in [-0.3, -0.25) is 4.90 Å². The lowest BCUT2D eigenvalue weighted by molar-refractivity contribution is -0.137. The predicted molar refractivity (Wildman–Crippen MR) is 157 cm³/mol. The molecular formula is C30H29Cl2F3N2O3S. The molecule has 0 bridgehead atoms. The third-order valence-electron chi connectivity index (χ3n) is 6.84. The number of halogens is 5. The Morgan fingerprint density at radius 2 is 1.54 bits per heavy atom. The summed E-state index contributed by atoms with van der Waals surface area (Å²) in [6, 6.07) is 16.1. The average molecular weight is 626 g/mol. The van der Waals surface area contributed by atoms with E-state index < -0.39 is 17.7 Å². The van der Waals surface area contributed by atoms with E-state index in [4.69, 9.17) is 33.4 Å². The van der Waals surface area contributed by atoms with Crippen LogP contribution in [0.4, 0.5) is 13.2 Å². The van der Waals surface area contributed by atoms with Crippen molar-refractivity contribution in [1.29, 1.82) is 0 Å². The first-order chi connectivity index (χ1) is 19.6. The molecule has 218 valence electrons. The molecule has 0 spiro atoms. The highest BCUT2D eigenvalue weighted by molar-refractivity contribution is 7.99. The van der Waals surface area contributed by atoms with E-state index in [0.29, 0.717) is 17.1 Å². The van der Waals surface area contributed by atoms with Gasteiger partial charge in [-0.1, -0.05) is 59.2 Å². The van der Waals surface area contributed by atoms with E-state index >= 15 is 0 Å². The molecule has 0 radical (unpaired) electrons. The van der Waals surface area contributed by atoms with Gasteiger partial charge in [-0.25, -0.2) is 4.79 Å². The molecular weight excluding hydrogens is 596 g/mol. The number of aliphatic hydroxyl groups excluding tert-OH is 1. The summed E-state index contributed by atoms with van der Waals surface area (Å²) in [6.07, 6.45) is -1.47. The van der Waals surface area contributed by atoms with E-state index in [9.17, 15) is 18.0 Å². The molecule has 0 atom stereocenters. The van der Waals surface area contributed by atoms with Crippen LogP contribution >= 0.6 is 35.0 Å². The van der Waals surface area contributed by atoms with Gasteiger partial charge in [0.1, 0.15) is 0 Å². The minimum Gasteiger partial charge on any atom is -0.478 e. The van der Waals surface area contributed by atoms with Gasteiger partial charge in [0.25, 0.3) is 0 Å². The summed E-state index contributed by atoms with van der Waals surface area (Å²) >= 11 is 12.7. The van der Waals surface area contributed by atoms with E-state index in [0.717, 1.165) is 60.1 Å². The third kappa shape index (κ3) is 8.28. The van der Waals surface area contributed by atoms with Crippen LogP contribution < -0.4 is 0 Å². The molecule has 41 heavy (non-hydrogen) atoms. The van der Waals surface area contributed by atoms with Crippen molar-refractivity contribution in [1.82, 2.24) is 9.80 Å². The fraction of sp³-hybridized carbons (Fsp3) is 0.300. The molecule has 0 aliphatic carbocycles. The van der Waals surface area contributed by atoms with Crippen LogP contribution in [0.25, 0.3) is 5.57 Å². The summed E-state index contributed by atoms with van der Waals surface area (Å²) in [5.74, 6) is -1.01. The highest BCUT2D eigenvalue weighted by Crippen LogP contribution is 2.47. The first kappa shape index (κ1) is 31.4. The second-order valence-corrected chi connectivity index (χ2v) is 11.5. The molecule has 0 unspecified atom stereocenters. The number of aliphatic hydroxyl groups is 1. The molecule has 3 aromatic carbocycles. The number of piperazine rings is 1. The van der Waals surface area contributed by atoms with Gasteiger partial charge < -0.3 is 15.1 Å². The van der Waals surface area contributed by atoms with Gasteiger partial charge in [0, 0.05) is 49.1 Å². The van der Waals surface area contributed by atoms with Crippen LogP contribution in [-0.2, 0) is 6.18 Å². The molecule has 0 amide bonds. The van der Waals surface area contributed by atoms with Crippen molar-refractivity contribution in [2.75, 3.05) is 45.9 Å². The van der Waals surface area contributed by atoms with Crippen LogP contribution in [0.3, 0.4) is 0 Å². The van der Waals surface area contributed by atoms with Gasteiger partial charge in [-0.15, -0.1) is 0 Å². The van der Waals surface area contributed by atoms with Gasteiger partial charge >= 0.3 is 12.1 Å². The number of benzene rings is 3. The minimum atomic E-state index is -4.35. The van der Waals surface area contributed by atoms with Crippen LogP contribution in [0.15, 0.2) is 76.5 Å². The number of aromatic carboxylic acids is 1. The molecule has 2 aliphatic rings. The van der Waals surface area contributed by atoms with Crippen LogP contribution in [-0.4, -0.2) is 71.9 Å². The number of carboxylic acid groups (broad SMARTS) is 1. The van der Waals surface area contributed by atoms with Gasteiger partial charge in [0.2, 0.25) is 0 Å². The lowest BCUT2D eigenvalue weighted by atomic mass is 9.94. The van der Waals surface area contributed by atoms with Crippen molar-refractivity contribution in [3.05, 3.63) is 99.0 Å². The molecule has 2 N–H and O–H groups in total. The molecule has 2 heterocycles. The Morgan fingerprint density at radius 1 is 0.878 bits per heavy atom. The Labute approximate surface area is 251 Å². The summed E-state index contributed by atoms with van der Waals surface area (Å²) in [6.45, 7) is 5.55. The maximum atomic E-state index is 13.3. The summed E-state index contributed by atoms with van der Waals surface area (Å²) in [7, 11) is 0. The number of nitrogens with zero attached hydrogens (tertiary/aromatic N) is 2. The number of hydrogen-bond donors (Lipinski definition) is 2. The molecule has 0 aromatic heterocycles. The Hall–Kier alpha value is -2.53. The first-order valence-electron chi connectivity index (χ1n) is 13.0. The highest BCUT2D eigenvalue weighted by Gasteiger charge is 2.32. The Kier molecular flexibility index (Phi) is 10.8. The number of β-amino-alcohol motifs (C(OH)–C–C–N with tert-alkyl or cyclic N) is 1. The Morgan fingerprint density at radius 3 is 2.17 bits per heavy atom. The molecule has 5 rings (SSSR count).